The molecule has 1 aliphatic rings. The molecule has 7 heteroatoms. The maximum absolute atomic E-state index is 13.1. The maximum atomic E-state index is 13.1. The van der Waals surface area contributed by atoms with Gasteiger partial charge in [0.25, 0.3) is 0 Å². The first-order valence-electron chi connectivity index (χ1n) is 10.1. The molecule has 5 rings (SSSR count). The van der Waals surface area contributed by atoms with Gasteiger partial charge in [-0.05, 0) is 54.1 Å². The number of hydrogen-bond acceptors (Lipinski definition) is 6. The summed E-state index contributed by atoms with van der Waals surface area (Å²) in [5.41, 5.74) is 2.24. The molecule has 0 radical (unpaired) electrons. The van der Waals surface area contributed by atoms with Gasteiger partial charge in [0.2, 0.25) is 11.2 Å². The van der Waals surface area contributed by atoms with Crippen LogP contribution in [0.4, 0.5) is 0 Å². The lowest BCUT2D eigenvalue weighted by atomic mass is 10.1. The first kappa shape index (κ1) is 20.4. The Morgan fingerprint density at radius 3 is 2.50 bits per heavy atom. The molecular weight excluding hydrogens is 430 g/mol. The number of nitrogens with zero attached hydrogens (tertiary/aromatic N) is 1. The van der Waals surface area contributed by atoms with Gasteiger partial charge in [-0.3, -0.25) is 9.69 Å². The zero-order chi connectivity index (χ0) is 22.1. The highest BCUT2D eigenvalue weighted by atomic mass is 35.5. The average molecular weight is 450 g/mol. The van der Waals surface area contributed by atoms with Crippen molar-refractivity contribution in [1.82, 2.24) is 4.90 Å². The molecule has 0 unspecified atom stereocenters. The van der Waals surface area contributed by atoms with Crippen LogP contribution in [-0.2, 0) is 13.1 Å². The molecule has 2 heterocycles. The van der Waals surface area contributed by atoms with Gasteiger partial charge >= 0.3 is 0 Å². The Labute approximate surface area is 189 Å². The molecule has 0 spiro atoms. The number of ether oxygens (including phenoxy) is 3. The fourth-order valence-electron chi connectivity index (χ4n) is 3.73. The Morgan fingerprint density at radius 2 is 1.75 bits per heavy atom. The Bertz CT molecular complexity index is 1320. The average Bonchev–Trinajstić information content (AvgIpc) is 2.82. The van der Waals surface area contributed by atoms with Crippen LogP contribution in [0.25, 0.3) is 11.0 Å². The molecule has 4 aromatic rings. The molecule has 0 saturated heterocycles. The summed E-state index contributed by atoms with van der Waals surface area (Å²) < 4.78 is 22.7. The lowest BCUT2D eigenvalue weighted by molar-refractivity contribution is 0.0890. The molecular formula is C25H20ClNO5. The molecule has 0 fully saturated rings. The number of rotatable bonds is 5. The second kappa shape index (κ2) is 8.57. The van der Waals surface area contributed by atoms with E-state index in [-0.39, 0.29) is 11.2 Å². The van der Waals surface area contributed by atoms with Crippen LogP contribution in [0.2, 0.25) is 5.02 Å². The van der Waals surface area contributed by atoms with Crippen molar-refractivity contribution in [2.75, 3.05) is 13.8 Å². The Morgan fingerprint density at radius 1 is 1.00 bits per heavy atom. The minimum atomic E-state index is -0.236. The van der Waals surface area contributed by atoms with Crippen LogP contribution >= 0.6 is 11.6 Å². The highest BCUT2D eigenvalue weighted by Gasteiger charge is 2.23. The van der Waals surface area contributed by atoms with Gasteiger partial charge in [-0.25, -0.2) is 0 Å². The van der Waals surface area contributed by atoms with Crippen LogP contribution in [0, 0.1) is 0 Å². The summed E-state index contributed by atoms with van der Waals surface area (Å²) in [7, 11) is 1.59. The van der Waals surface area contributed by atoms with Gasteiger partial charge in [-0.1, -0.05) is 23.7 Å². The maximum Gasteiger partial charge on any atom is 0.235 e. The summed E-state index contributed by atoms with van der Waals surface area (Å²) >= 11 is 5.98. The predicted octanol–water partition coefficient (Wildman–Crippen LogP) is 5.60. The fraction of sp³-hybridized carbons (Fsp3) is 0.160. The minimum absolute atomic E-state index is 0.123. The number of fused-ring (bicyclic) bond motifs is 3. The third kappa shape index (κ3) is 4.02. The van der Waals surface area contributed by atoms with E-state index in [1.165, 1.54) is 6.26 Å². The molecule has 32 heavy (non-hydrogen) atoms. The van der Waals surface area contributed by atoms with Crippen LogP contribution in [0.1, 0.15) is 11.1 Å². The van der Waals surface area contributed by atoms with E-state index in [1.807, 2.05) is 30.3 Å². The molecule has 162 valence electrons. The largest absolute Gasteiger partial charge is 0.497 e. The Kier molecular flexibility index (Phi) is 5.47. The van der Waals surface area contributed by atoms with Crippen LogP contribution in [-0.4, -0.2) is 18.7 Å². The molecule has 0 aliphatic carbocycles. The van der Waals surface area contributed by atoms with Crippen molar-refractivity contribution in [3.63, 3.8) is 0 Å². The van der Waals surface area contributed by atoms with E-state index in [0.29, 0.717) is 47.3 Å². The molecule has 1 aliphatic heterocycles. The van der Waals surface area contributed by atoms with Gasteiger partial charge < -0.3 is 18.6 Å². The smallest absolute Gasteiger partial charge is 0.235 e. The number of hydrogen-bond donors (Lipinski definition) is 0. The van der Waals surface area contributed by atoms with Crippen molar-refractivity contribution >= 4 is 22.6 Å². The normalized spacial score (nSPS) is 13.4. The van der Waals surface area contributed by atoms with Crippen molar-refractivity contribution in [2.45, 2.75) is 13.1 Å². The summed E-state index contributed by atoms with van der Waals surface area (Å²) in [5.74, 6) is 2.07. The molecule has 0 bridgehead atoms. The second-order valence-electron chi connectivity index (χ2n) is 7.51. The van der Waals surface area contributed by atoms with Crippen molar-refractivity contribution < 1.29 is 18.6 Å². The number of benzene rings is 3. The highest BCUT2D eigenvalue weighted by molar-refractivity contribution is 6.30. The van der Waals surface area contributed by atoms with Gasteiger partial charge in [-0.2, -0.15) is 0 Å². The summed E-state index contributed by atoms with van der Waals surface area (Å²) in [4.78, 5) is 15.2. The van der Waals surface area contributed by atoms with Crippen molar-refractivity contribution in [2.24, 2.45) is 0 Å². The van der Waals surface area contributed by atoms with Gasteiger partial charge in [0.15, 0.2) is 0 Å². The zero-order valence-corrected chi connectivity index (χ0v) is 18.1. The summed E-state index contributed by atoms with van der Waals surface area (Å²) in [6.45, 7) is 1.73. The molecule has 0 atom stereocenters. The van der Waals surface area contributed by atoms with E-state index in [2.05, 4.69) is 4.90 Å². The van der Waals surface area contributed by atoms with Crippen molar-refractivity contribution in [3.05, 3.63) is 93.3 Å². The SMILES string of the molecule is COc1ccc(Oc2coc3c4c(ccc3c2=O)OCN(Cc2ccc(Cl)cc2)C4)cc1. The Hall–Kier alpha value is -3.48. The lowest BCUT2D eigenvalue weighted by Gasteiger charge is -2.29. The van der Waals surface area contributed by atoms with E-state index >= 15 is 0 Å². The standard InChI is InChI=1S/C25H20ClNO5/c1-29-18-6-8-19(9-7-18)32-23-14-30-25-20(24(23)28)10-11-22-21(25)13-27(15-31-22)12-16-2-4-17(26)5-3-16/h2-11,14H,12-13,15H2,1H3. The quantitative estimate of drug-likeness (QED) is 0.395. The molecule has 1 aromatic heterocycles. The van der Waals surface area contributed by atoms with Crippen LogP contribution in [0.3, 0.4) is 0 Å². The van der Waals surface area contributed by atoms with E-state index in [9.17, 15) is 4.79 Å². The second-order valence-corrected chi connectivity index (χ2v) is 7.95. The van der Waals surface area contributed by atoms with E-state index in [0.717, 1.165) is 16.9 Å². The first-order valence-corrected chi connectivity index (χ1v) is 10.5. The van der Waals surface area contributed by atoms with Crippen LogP contribution in [0.5, 0.6) is 23.0 Å². The predicted molar refractivity (Wildman–Crippen MR) is 122 cm³/mol. The van der Waals surface area contributed by atoms with E-state index < -0.39 is 0 Å². The van der Waals surface area contributed by atoms with Crippen LogP contribution < -0.4 is 19.6 Å². The third-order valence-electron chi connectivity index (χ3n) is 5.36. The summed E-state index contributed by atoms with van der Waals surface area (Å²) in [6, 6.07) is 18.2. The third-order valence-corrected chi connectivity index (χ3v) is 5.61. The Balaban J connectivity index is 1.42. The van der Waals surface area contributed by atoms with Gasteiger partial charge in [0.05, 0.1) is 18.1 Å². The molecule has 6 nitrogen and oxygen atoms in total. The molecule has 0 N–H and O–H groups in total. The van der Waals surface area contributed by atoms with E-state index in [1.54, 1.807) is 37.4 Å². The van der Waals surface area contributed by atoms with E-state index in [4.69, 9.17) is 30.2 Å². The monoisotopic (exact) mass is 449 g/mol. The summed E-state index contributed by atoms with van der Waals surface area (Å²) in [5, 5.41) is 1.15. The summed E-state index contributed by atoms with van der Waals surface area (Å²) in [6.07, 6.45) is 1.35. The van der Waals surface area contributed by atoms with Gasteiger partial charge in [-0.15, -0.1) is 0 Å². The van der Waals surface area contributed by atoms with Gasteiger partial charge in [0, 0.05) is 18.1 Å². The van der Waals surface area contributed by atoms with Gasteiger partial charge in [0.1, 0.15) is 35.8 Å². The minimum Gasteiger partial charge on any atom is -0.497 e. The van der Waals surface area contributed by atoms with Crippen LogP contribution in [0.15, 0.2) is 76.1 Å². The molecule has 0 saturated carbocycles. The topological polar surface area (TPSA) is 61.1 Å². The first-order chi connectivity index (χ1) is 15.6. The number of methoxy groups -OCH3 is 1. The van der Waals surface area contributed by atoms with Crippen molar-refractivity contribution in [1.29, 1.82) is 0 Å². The molecule has 0 amide bonds. The zero-order valence-electron chi connectivity index (χ0n) is 17.3. The fourth-order valence-corrected chi connectivity index (χ4v) is 3.85. The highest BCUT2D eigenvalue weighted by Crippen LogP contribution is 2.33. The van der Waals surface area contributed by atoms with Crippen molar-refractivity contribution in [3.8, 4) is 23.0 Å². The lowest BCUT2D eigenvalue weighted by Crippen LogP contribution is -2.31. The number of halogens is 1. The molecule has 3 aromatic carbocycles.